The number of nitrogens with two attached hydrogens (primary N) is 1. The fourth-order valence-corrected chi connectivity index (χ4v) is 1.77. The first-order valence-electron chi connectivity index (χ1n) is 6.09. The molecule has 0 heterocycles. The molecule has 1 unspecified atom stereocenters. The van der Waals surface area contributed by atoms with Crippen LogP contribution in [0.1, 0.15) is 33.1 Å². The average molecular weight is 300 g/mol. The molecule has 1 fully saturated rings. The van der Waals surface area contributed by atoms with Gasteiger partial charge in [-0.3, -0.25) is 4.79 Å². The van der Waals surface area contributed by atoms with Crippen molar-refractivity contribution in [1.82, 2.24) is 10.2 Å². The third kappa shape index (κ3) is 6.23. The van der Waals surface area contributed by atoms with E-state index in [2.05, 4.69) is 38.2 Å². The number of rotatable bonds is 6. The fraction of sp³-hybridized carbons (Fsp3) is 0.917. The standard InChI is InChI=1S/C12H25N3O.2ClH/c1-9(2)7-10(15(3)4)8-14-11(16)12(13)5-6-12;;/h9-10H,5-8,13H2,1-4H3,(H,14,16);2*1H. The van der Waals surface area contributed by atoms with Crippen LogP contribution in [0.3, 0.4) is 0 Å². The number of nitrogens with zero attached hydrogens (tertiary/aromatic N) is 1. The summed E-state index contributed by atoms with van der Waals surface area (Å²) < 4.78 is 0. The summed E-state index contributed by atoms with van der Waals surface area (Å²) in [4.78, 5) is 13.8. The molecule has 110 valence electrons. The molecule has 1 atom stereocenters. The van der Waals surface area contributed by atoms with Gasteiger partial charge in [-0.15, -0.1) is 24.8 Å². The molecule has 1 aliphatic rings. The monoisotopic (exact) mass is 299 g/mol. The number of hydrogen-bond donors (Lipinski definition) is 2. The molecule has 0 saturated heterocycles. The normalized spacial score (nSPS) is 17.7. The first-order valence-corrected chi connectivity index (χ1v) is 6.09. The number of halogens is 2. The van der Waals surface area contributed by atoms with Gasteiger partial charge in [0, 0.05) is 12.6 Å². The summed E-state index contributed by atoms with van der Waals surface area (Å²) in [6, 6.07) is 0.395. The van der Waals surface area contributed by atoms with E-state index in [0.717, 1.165) is 19.3 Å². The molecular weight excluding hydrogens is 273 g/mol. The zero-order valence-corrected chi connectivity index (χ0v) is 13.4. The molecule has 0 spiro atoms. The Morgan fingerprint density at radius 2 is 1.83 bits per heavy atom. The van der Waals surface area contributed by atoms with Crippen molar-refractivity contribution in [1.29, 1.82) is 0 Å². The highest BCUT2D eigenvalue weighted by Crippen LogP contribution is 2.32. The highest BCUT2D eigenvalue weighted by Gasteiger charge is 2.45. The lowest BCUT2D eigenvalue weighted by molar-refractivity contribution is -0.123. The maximum atomic E-state index is 11.7. The fourth-order valence-electron chi connectivity index (χ4n) is 1.77. The lowest BCUT2D eigenvalue weighted by Gasteiger charge is -2.26. The molecule has 0 bridgehead atoms. The largest absolute Gasteiger partial charge is 0.353 e. The van der Waals surface area contributed by atoms with E-state index in [1.807, 2.05) is 0 Å². The van der Waals surface area contributed by atoms with Crippen molar-refractivity contribution in [2.45, 2.75) is 44.7 Å². The Morgan fingerprint density at radius 1 is 1.33 bits per heavy atom. The van der Waals surface area contributed by atoms with Crippen molar-refractivity contribution in [3.05, 3.63) is 0 Å². The van der Waals surface area contributed by atoms with Gasteiger partial charge in [-0.05, 0) is 39.3 Å². The zero-order valence-electron chi connectivity index (χ0n) is 11.7. The molecule has 0 aromatic carbocycles. The summed E-state index contributed by atoms with van der Waals surface area (Å²) in [7, 11) is 4.10. The zero-order chi connectivity index (χ0) is 12.3. The van der Waals surface area contributed by atoms with Gasteiger partial charge in [-0.1, -0.05) is 13.8 Å². The molecule has 0 aliphatic heterocycles. The van der Waals surface area contributed by atoms with Crippen molar-refractivity contribution in [2.75, 3.05) is 20.6 Å². The summed E-state index contributed by atoms with van der Waals surface area (Å²) in [5.41, 5.74) is 5.28. The second kappa shape index (κ2) is 8.20. The Kier molecular flexibility index (Phi) is 9.25. The van der Waals surface area contributed by atoms with E-state index in [9.17, 15) is 4.79 Å². The van der Waals surface area contributed by atoms with Crippen LogP contribution in [0.4, 0.5) is 0 Å². The topological polar surface area (TPSA) is 58.4 Å². The molecular formula is C12H27Cl2N3O. The predicted octanol–water partition coefficient (Wildman–Crippen LogP) is 1.41. The summed E-state index contributed by atoms with van der Waals surface area (Å²) in [5.74, 6) is 0.653. The Bertz CT molecular complexity index is 256. The van der Waals surface area contributed by atoms with Gasteiger partial charge in [0.05, 0.1) is 5.54 Å². The minimum absolute atomic E-state index is 0. The Morgan fingerprint density at radius 3 is 2.17 bits per heavy atom. The Labute approximate surface area is 123 Å². The maximum absolute atomic E-state index is 11.7. The smallest absolute Gasteiger partial charge is 0.240 e. The molecule has 0 aromatic heterocycles. The van der Waals surface area contributed by atoms with Gasteiger partial charge in [-0.25, -0.2) is 0 Å². The maximum Gasteiger partial charge on any atom is 0.240 e. The lowest BCUT2D eigenvalue weighted by atomic mass is 10.0. The molecule has 0 radical (unpaired) electrons. The van der Waals surface area contributed by atoms with Crippen LogP contribution in [0.25, 0.3) is 0 Å². The second-order valence-corrected chi connectivity index (χ2v) is 5.61. The summed E-state index contributed by atoms with van der Waals surface area (Å²) in [6.45, 7) is 5.09. The van der Waals surface area contributed by atoms with E-state index in [0.29, 0.717) is 18.5 Å². The number of likely N-dealkylation sites (N-methyl/N-ethyl adjacent to an activating group) is 1. The van der Waals surface area contributed by atoms with Crippen molar-refractivity contribution < 1.29 is 4.79 Å². The van der Waals surface area contributed by atoms with Crippen LogP contribution in [-0.2, 0) is 4.79 Å². The highest BCUT2D eigenvalue weighted by molar-refractivity contribution is 5.88. The van der Waals surface area contributed by atoms with Gasteiger partial charge >= 0.3 is 0 Å². The van der Waals surface area contributed by atoms with Crippen LogP contribution < -0.4 is 11.1 Å². The van der Waals surface area contributed by atoms with Crippen LogP contribution in [-0.4, -0.2) is 43.0 Å². The molecule has 0 aromatic rings. The van der Waals surface area contributed by atoms with Crippen molar-refractivity contribution >= 4 is 30.7 Å². The van der Waals surface area contributed by atoms with Crippen molar-refractivity contribution in [3.63, 3.8) is 0 Å². The van der Waals surface area contributed by atoms with Crippen LogP contribution in [0.15, 0.2) is 0 Å². The Hall–Kier alpha value is -0.0300. The summed E-state index contributed by atoms with van der Waals surface area (Å²) in [5, 5.41) is 2.97. The van der Waals surface area contributed by atoms with E-state index in [-0.39, 0.29) is 30.7 Å². The first-order chi connectivity index (χ1) is 7.35. The van der Waals surface area contributed by atoms with E-state index >= 15 is 0 Å². The molecule has 1 aliphatic carbocycles. The van der Waals surface area contributed by atoms with Crippen molar-refractivity contribution in [3.8, 4) is 0 Å². The van der Waals surface area contributed by atoms with Crippen LogP contribution in [0, 0.1) is 5.92 Å². The van der Waals surface area contributed by atoms with Gasteiger partial charge < -0.3 is 16.0 Å². The molecule has 18 heavy (non-hydrogen) atoms. The predicted molar refractivity (Wildman–Crippen MR) is 80.6 cm³/mol. The Balaban J connectivity index is 0. The lowest BCUT2D eigenvalue weighted by Crippen LogP contribution is -2.48. The van der Waals surface area contributed by atoms with Gasteiger partial charge in [0.2, 0.25) is 5.91 Å². The van der Waals surface area contributed by atoms with Gasteiger partial charge in [-0.2, -0.15) is 0 Å². The molecule has 1 rings (SSSR count). The number of carbonyl (C=O) groups is 1. The summed E-state index contributed by atoms with van der Waals surface area (Å²) in [6.07, 6.45) is 2.75. The third-order valence-electron chi connectivity index (χ3n) is 3.21. The third-order valence-corrected chi connectivity index (χ3v) is 3.21. The summed E-state index contributed by atoms with van der Waals surface area (Å²) >= 11 is 0. The van der Waals surface area contributed by atoms with Crippen LogP contribution in [0.2, 0.25) is 0 Å². The SMILES string of the molecule is CC(C)CC(CNC(=O)C1(N)CC1)N(C)C.Cl.Cl. The van der Waals surface area contributed by atoms with E-state index in [4.69, 9.17) is 5.73 Å². The molecule has 1 amide bonds. The van der Waals surface area contributed by atoms with Crippen molar-refractivity contribution in [2.24, 2.45) is 11.7 Å². The average Bonchev–Trinajstić information content (AvgIpc) is 2.90. The molecule has 1 saturated carbocycles. The van der Waals surface area contributed by atoms with Gasteiger partial charge in [0.1, 0.15) is 0 Å². The molecule has 4 nitrogen and oxygen atoms in total. The molecule has 6 heteroatoms. The minimum atomic E-state index is -0.547. The number of carbonyl (C=O) groups excluding carboxylic acids is 1. The number of nitrogens with one attached hydrogen (secondary N) is 1. The van der Waals surface area contributed by atoms with Crippen LogP contribution >= 0.6 is 24.8 Å². The van der Waals surface area contributed by atoms with E-state index in [1.165, 1.54) is 0 Å². The first kappa shape index (κ1) is 20.3. The minimum Gasteiger partial charge on any atom is -0.353 e. The van der Waals surface area contributed by atoms with Gasteiger partial charge in [0.15, 0.2) is 0 Å². The van der Waals surface area contributed by atoms with Crippen LogP contribution in [0.5, 0.6) is 0 Å². The molecule has 3 N–H and O–H groups in total. The number of hydrogen-bond acceptors (Lipinski definition) is 3. The number of amides is 1. The van der Waals surface area contributed by atoms with E-state index < -0.39 is 5.54 Å². The quantitative estimate of drug-likeness (QED) is 0.780. The highest BCUT2D eigenvalue weighted by atomic mass is 35.5. The van der Waals surface area contributed by atoms with E-state index in [1.54, 1.807) is 0 Å². The van der Waals surface area contributed by atoms with Gasteiger partial charge in [0.25, 0.3) is 0 Å². The second-order valence-electron chi connectivity index (χ2n) is 5.61.